The minimum absolute atomic E-state index is 0.0448. The van der Waals surface area contributed by atoms with Crippen LogP contribution in [0, 0.1) is 5.82 Å². The van der Waals surface area contributed by atoms with E-state index in [1.165, 1.54) is 13.2 Å². The van der Waals surface area contributed by atoms with Crippen LogP contribution in [0.1, 0.15) is 24.9 Å². The van der Waals surface area contributed by atoms with E-state index in [0.717, 1.165) is 19.5 Å². The average molecular weight is 278 g/mol. The van der Waals surface area contributed by atoms with E-state index in [-0.39, 0.29) is 11.9 Å². The number of halogens is 1. The molecule has 0 saturated heterocycles. The molecule has 1 aromatic carbocycles. The Morgan fingerprint density at radius 3 is 2.95 bits per heavy atom. The van der Waals surface area contributed by atoms with Crippen molar-refractivity contribution >= 4 is 0 Å². The van der Waals surface area contributed by atoms with Crippen molar-refractivity contribution in [2.24, 2.45) is 0 Å². The first-order valence-corrected chi connectivity index (χ1v) is 6.61. The minimum atomic E-state index is -0.249. The number of benzene rings is 1. The molecule has 6 heteroatoms. The highest BCUT2D eigenvalue weighted by Crippen LogP contribution is 2.21. The Bertz CT molecular complexity index is 530. The van der Waals surface area contributed by atoms with Gasteiger partial charge in [0.1, 0.15) is 11.6 Å². The summed E-state index contributed by atoms with van der Waals surface area (Å²) >= 11 is 0. The molecule has 0 fully saturated rings. The van der Waals surface area contributed by atoms with Gasteiger partial charge in [0.2, 0.25) is 0 Å². The molecular formula is C14H19FN4O. The third kappa shape index (κ3) is 3.77. The summed E-state index contributed by atoms with van der Waals surface area (Å²) in [6.07, 6.45) is 4.39. The van der Waals surface area contributed by atoms with Gasteiger partial charge in [-0.25, -0.2) is 4.39 Å². The fourth-order valence-electron chi connectivity index (χ4n) is 2.01. The van der Waals surface area contributed by atoms with Crippen LogP contribution in [-0.2, 0) is 6.54 Å². The summed E-state index contributed by atoms with van der Waals surface area (Å²) in [5.74, 6) is 0.283. The Labute approximate surface area is 117 Å². The lowest BCUT2D eigenvalue weighted by Gasteiger charge is -2.15. The number of hydrogen-bond acceptors (Lipinski definition) is 4. The zero-order chi connectivity index (χ0) is 14.4. The normalized spacial score (nSPS) is 12.3. The van der Waals surface area contributed by atoms with Crippen LogP contribution >= 0.6 is 0 Å². The van der Waals surface area contributed by atoms with Gasteiger partial charge >= 0.3 is 0 Å². The molecule has 0 aliphatic carbocycles. The molecule has 0 saturated carbocycles. The van der Waals surface area contributed by atoms with E-state index in [1.807, 2.05) is 13.1 Å². The molecule has 20 heavy (non-hydrogen) atoms. The van der Waals surface area contributed by atoms with Crippen molar-refractivity contribution in [3.63, 3.8) is 0 Å². The second-order valence-electron chi connectivity index (χ2n) is 4.58. The highest BCUT2D eigenvalue weighted by atomic mass is 19.1. The Hall–Kier alpha value is -1.95. The van der Waals surface area contributed by atoms with Crippen molar-refractivity contribution in [3.05, 3.63) is 42.0 Å². The van der Waals surface area contributed by atoms with E-state index in [4.69, 9.17) is 4.74 Å². The molecule has 5 nitrogen and oxygen atoms in total. The maximum atomic E-state index is 13.9. The standard InChI is InChI=1S/C14H19FN4O/c1-11(13-5-4-12(20-2)10-14(13)15)16-6-3-8-19-9-7-17-18-19/h4-5,7,9-11,16H,3,6,8H2,1-2H3. The second-order valence-corrected chi connectivity index (χ2v) is 4.58. The van der Waals surface area contributed by atoms with Gasteiger partial charge in [-0.05, 0) is 26.0 Å². The third-order valence-electron chi connectivity index (χ3n) is 3.16. The van der Waals surface area contributed by atoms with Crippen molar-refractivity contribution in [2.45, 2.75) is 25.9 Å². The SMILES string of the molecule is COc1ccc(C(C)NCCCn2ccnn2)c(F)c1. The summed E-state index contributed by atoms with van der Waals surface area (Å²) in [4.78, 5) is 0. The summed E-state index contributed by atoms with van der Waals surface area (Å²) in [6, 6.07) is 4.88. The highest BCUT2D eigenvalue weighted by molar-refractivity contribution is 5.30. The van der Waals surface area contributed by atoms with Crippen LogP contribution in [0.25, 0.3) is 0 Å². The van der Waals surface area contributed by atoms with Crippen molar-refractivity contribution in [3.8, 4) is 5.75 Å². The van der Waals surface area contributed by atoms with Gasteiger partial charge in [-0.2, -0.15) is 0 Å². The maximum Gasteiger partial charge on any atom is 0.131 e. The van der Waals surface area contributed by atoms with E-state index < -0.39 is 0 Å². The molecule has 2 rings (SSSR count). The topological polar surface area (TPSA) is 52.0 Å². The third-order valence-corrected chi connectivity index (χ3v) is 3.16. The number of aryl methyl sites for hydroxylation is 1. The van der Waals surface area contributed by atoms with Crippen LogP contribution in [0.5, 0.6) is 5.75 Å². The fourth-order valence-corrected chi connectivity index (χ4v) is 2.01. The van der Waals surface area contributed by atoms with Crippen molar-refractivity contribution < 1.29 is 9.13 Å². The van der Waals surface area contributed by atoms with Gasteiger partial charge in [-0.3, -0.25) is 4.68 Å². The van der Waals surface area contributed by atoms with Gasteiger partial charge in [0.05, 0.1) is 13.3 Å². The first kappa shape index (κ1) is 14.5. The Balaban J connectivity index is 1.80. The van der Waals surface area contributed by atoms with E-state index in [2.05, 4.69) is 15.6 Å². The van der Waals surface area contributed by atoms with Crippen LogP contribution in [0.2, 0.25) is 0 Å². The number of hydrogen-bond donors (Lipinski definition) is 1. The van der Waals surface area contributed by atoms with Gasteiger partial charge in [-0.15, -0.1) is 5.10 Å². The fraction of sp³-hybridized carbons (Fsp3) is 0.429. The zero-order valence-corrected chi connectivity index (χ0v) is 11.7. The molecule has 0 amide bonds. The number of methoxy groups -OCH3 is 1. The predicted octanol–water partition coefficient (Wildman–Crippen LogP) is 2.17. The van der Waals surface area contributed by atoms with Gasteiger partial charge in [0, 0.05) is 30.4 Å². The molecule has 1 atom stereocenters. The lowest BCUT2D eigenvalue weighted by Crippen LogP contribution is -2.22. The zero-order valence-electron chi connectivity index (χ0n) is 11.7. The van der Waals surface area contributed by atoms with Crippen molar-refractivity contribution in [1.82, 2.24) is 20.3 Å². The summed E-state index contributed by atoms with van der Waals surface area (Å²) in [7, 11) is 1.53. The molecule has 108 valence electrons. The Kier molecular flexibility index (Phi) is 5.06. The lowest BCUT2D eigenvalue weighted by atomic mass is 10.1. The summed E-state index contributed by atoms with van der Waals surface area (Å²) in [5.41, 5.74) is 0.645. The van der Waals surface area contributed by atoms with E-state index in [1.54, 1.807) is 23.0 Å². The summed E-state index contributed by atoms with van der Waals surface area (Å²) in [6.45, 7) is 3.53. The Morgan fingerprint density at radius 2 is 2.30 bits per heavy atom. The molecule has 1 aromatic heterocycles. The van der Waals surface area contributed by atoms with Gasteiger partial charge < -0.3 is 10.1 Å². The first-order valence-electron chi connectivity index (χ1n) is 6.61. The van der Waals surface area contributed by atoms with Crippen molar-refractivity contribution in [2.75, 3.05) is 13.7 Å². The van der Waals surface area contributed by atoms with Gasteiger partial charge in [0.25, 0.3) is 0 Å². The van der Waals surface area contributed by atoms with Crippen molar-refractivity contribution in [1.29, 1.82) is 0 Å². The lowest BCUT2D eigenvalue weighted by molar-refractivity contribution is 0.409. The molecule has 0 bridgehead atoms. The van der Waals surface area contributed by atoms with Crippen LogP contribution in [-0.4, -0.2) is 28.6 Å². The number of ether oxygens (including phenoxy) is 1. The van der Waals surface area contributed by atoms with E-state index >= 15 is 0 Å². The molecular weight excluding hydrogens is 259 g/mol. The quantitative estimate of drug-likeness (QED) is 0.789. The second kappa shape index (κ2) is 7.00. The molecule has 0 radical (unpaired) electrons. The maximum absolute atomic E-state index is 13.9. The predicted molar refractivity (Wildman–Crippen MR) is 74.0 cm³/mol. The monoisotopic (exact) mass is 278 g/mol. The highest BCUT2D eigenvalue weighted by Gasteiger charge is 2.11. The van der Waals surface area contributed by atoms with Gasteiger partial charge in [0.15, 0.2) is 0 Å². The molecule has 0 spiro atoms. The number of aromatic nitrogens is 3. The molecule has 1 N–H and O–H groups in total. The minimum Gasteiger partial charge on any atom is -0.497 e. The molecule has 0 aliphatic heterocycles. The Morgan fingerprint density at radius 1 is 1.45 bits per heavy atom. The first-order chi connectivity index (χ1) is 9.70. The van der Waals surface area contributed by atoms with E-state index in [0.29, 0.717) is 11.3 Å². The number of nitrogens with one attached hydrogen (secondary N) is 1. The molecule has 2 aromatic rings. The largest absolute Gasteiger partial charge is 0.497 e. The van der Waals surface area contributed by atoms with Gasteiger partial charge in [-0.1, -0.05) is 11.3 Å². The molecule has 1 unspecified atom stereocenters. The average Bonchev–Trinajstić information content (AvgIpc) is 2.96. The van der Waals surface area contributed by atoms with Crippen LogP contribution in [0.15, 0.2) is 30.6 Å². The van der Waals surface area contributed by atoms with E-state index in [9.17, 15) is 4.39 Å². The van der Waals surface area contributed by atoms with Crippen LogP contribution in [0.3, 0.4) is 0 Å². The number of nitrogens with zero attached hydrogens (tertiary/aromatic N) is 3. The summed E-state index contributed by atoms with van der Waals surface area (Å²) in [5, 5.41) is 10.9. The molecule has 0 aliphatic rings. The summed E-state index contributed by atoms with van der Waals surface area (Å²) < 4.78 is 20.6. The van der Waals surface area contributed by atoms with Crippen LogP contribution in [0.4, 0.5) is 4.39 Å². The smallest absolute Gasteiger partial charge is 0.131 e. The van der Waals surface area contributed by atoms with Crippen LogP contribution < -0.4 is 10.1 Å². The molecule has 1 heterocycles. The number of rotatable bonds is 7.